The molecule has 1 aromatic carbocycles. The molecule has 32 heavy (non-hydrogen) atoms. The lowest BCUT2D eigenvalue weighted by atomic mass is 9.97. The SMILES string of the molecule is CCc1cc([C@H](c2ccc(SC)cc2)N2CCN(CC)CC2)c(NC(=O)c2ccco2)s1. The summed E-state index contributed by atoms with van der Waals surface area (Å²) in [5.41, 5.74) is 2.44. The van der Waals surface area contributed by atoms with E-state index in [-0.39, 0.29) is 11.9 Å². The molecule has 0 aliphatic carbocycles. The van der Waals surface area contributed by atoms with E-state index < -0.39 is 0 Å². The van der Waals surface area contributed by atoms with Crippen molar-refractivity contribution in [1.82, 2.24) is 9.80 Å². The number of thioether (sulfide) groups is 1. The Morgan fingerprint density at radius 3 is 2.50 bits per heavy atom. The van der Waals surface area contributed by atoms with Gasteiger partial charge < -0.3 is 14.6 Å². The summed E-state index contributed by atoms with van der Waals surface area (Å²) in [4.78, 5) is 20.4. The van der Waals surface area contributed by atoms with E-state index in [1.54, 1.807) is 35.2 Å². The highest BCUT2D eigenvalue weighted by Crippen LogP contribution is 2.40. The molecule has 2 aromatic heterocycles. The lowest BCUT2D eigenvalue weighted by molar-refractivity contribution is 0.0995. The van der Waals surface area contributed by atoms with E-state index in [0.29, 0.717) is 5.76 Å². The van der Waals surface area contributed by atoms with Crippen molar-refractivity contribution >= 4 is 34.0 Å². The Balaban J connectivity index is 1.71. The Morgan fingerprint density at radius 2 is 1.91 bits per heavy atom. The number of carbonyl (C=O) groups is 1. The number of carbonyl (C=O) groups excluding carboxylic acids is 1. The van der Waals surface area contributed by atoms with E-state index in [2.05, 4.69) is 65.6 Å². The molecule has 1 saturated heterocycles. The fraction of sp³-hybridized carbons (Fsp3) is 0.400. The average Bonchev–Trinajstić information content (AvgIpc) is 3.51. The second-order valence-electron chi connectivity index (χ2n) is 7.93. The molecule has 3 aromatic rings. The highest BCUT2D eigenvalue weighted by molar-refractivity contribution is 7.98. The number of thiophene rings is 1. The van der Waals surface area contributed by atoms with Gasteiger partial charge in [0.05, 0.1) is 12.3 Å². The van der Waals surface area contributed by atoms with Crippen LogP contribution in [-0.2, 0) is 6.42 Å². The first-order valence-corrected chi connectivity index (χ1v) is 13.2. The maximum absolute atomic E-state index is 12.8. The zero-order valence-corrected chi connectivity index (χ0v) is 20.6. The number of hydrogen-bond acceptors (Lipinski definition) is 6. The first kappa shape index (κ1) is 23.1. The van der Waals surface area contributed by atoms with Gasteiger partial charge in [-0.3, -0.25) is 9.69 Å². The third-order valence-corrected chi connectivity index (χ3v) is 8.03. The molecule has 1 atom stereocenters. The summed E-state index contributed by atoms with van der Waals surface area (Å²) in [6, 6.07) is 14.7. The summed E-state index contributed by atoms with van der Waals surface area (Å²) in [6.07, 6.45) is 4.58. The number of anilines is 1. The zero-order chi connectivity index (χ0) is 22.5. The summed E-state index contributed by atoms with van der Waals surface area (Å²) in [5.74, 6) is 0.132. The highest BCUT2D eigenvalue weighted by atomic mass is 32.2. The molecule has 0 radical (unpaired) electrons. The van der Waals surface area contributed by atoms with Gasteiger partial charge in [-0.1, -0.05) is 26.0 Å². The van der Waals surface area contributed by atoms with Crippen molar-refractivity contribution in [3.63, 3.8) is 0 Å². The van der Waals surface area contributed by atoms with Crippen molar-refractivity contribution in [2.24, 2.45) is 0 Å². The summed E-state index contributed by atoms with van der Waals surface area (Å²) < 4.78 is 5.33. The Labute approximate surface area is 198 Å². The fourth-order valence-electron chi connectivity index (χ4n) is 4.22. The molecule has 1 aliphatic heterocycles. The zero-order valence-electron chi connectivity index (χ0n) is 19.0. The second kappa shape index (κ2) is 10.7. The monoisotopic (exact) mass is 469 g/mol. The lowest BCUT2D eigenvalue weighted by Crippen LogP contribution is -2.47. The van der Waals surface area contributed by atoms with E-state index >= 15 is 0 Å². The van der Waals surface area contributed by atoms with Gasteiger partial charge in [0.25, 0.3) is 5.91 Å². The topological polar surface area (TPSA) is 48.7 Å². The van der Waals surface area contributed by atoms with Crippen LogP contribution in [0.15, 0.2) is 58.0 Å². The third kappa shape index (κ3) is 5.12. The summed E-state index contributed by atoms with van der Waals surface area (Å²) in [7, 11) is 0. The molecule has 4 rings (SSSR count). The summed E-state index contributed by atoms with van der Waals surface area (Å²) >= 11 is 3.43. The Morgan fingerprint density at radius 1 is 1.16 bits per heavy atom. The minimum atomic E-state index is -0.201. The molecule has 5 nitrogen and oxygen atoms in total. The highest BCUT2D eigenvalue weighted by Gasteiger charge is 2.30. The smallest absolute Gasteiger partial charge is 0.291 e. The first-order chi connectivity index (χ1) is 15.6. The molecular formula is C25H31N3O2S2. The molecule has 0 spiro atoms. The number of furan rings is 1. The van der Waals surface area contributed by atoms with Gasteiger partial charge >= 0.3 is 0 Å². The Hall–Kier alpha value is -2.06. The first-order valence-electron chi connectivity index (χ1n) is 11.2. The molecule has 170 valence electrons. The average molecular weight is 470 g/mol. The van der Waals surface area contributed by atoms with E-state index in [1.165, 1.54) is 27.2 Å². The van der Waals surface area contributed by atoms with Crippen molar-refractivity contribution < 1.29 is 9.21 Å². The van der Waals surface area contributed by atoms with E-state index in [0.717, 1.165) is 44.1 Å². The van der Waals surface area contributed by atoms with Crippen molar-refractivity contribution in [3.8, 4) is 0 Å². The number of nitrogens with zero attached hydrogens (tertiary/aromatic N) is 2. The molecule has 0 unspecified atom stereocenters. The molecule has 0 saturated carbocycles. The molecule has 1 fully saturated rings. The largest absolute Gasteiger partial charge is 0.459 e. The number of likely N-dealkylation sites (N-methyl/N-ethyl adjacent to an activating group) is 1. The van der Waals surface area contributed by atoms with Gasteiger partial charge in [0, 0.05) is 41.5 Å². The normalized spacial score (nSPS) is 16.2. The maximum Gasteiger partial charge on any atom is 0.291 e. The lowest BCUT2D eigenvalue weighted by Gasteiger charge is -2.39. The van der Waals surface area contributed by atoms with Crippen LogP contribution in [0, 0.1) is 0 Å². The minimum Gasteiger partial charge on any atom is -0.459 e. The van der Waals surface area contributed by atoms with E-state index in [1.807, 2.05) is 0 Å². The van der Waals surface area contributed by atoms with Crippen LogP contribution in [0.3, 0.4) is 0 Å². The molecule has 0 bridgehead atoms. The second-order valence-corrected chi connectivity index (χ2v) is 9.94. The van der Waals surface area contributed by atoms with Crippen LogP contribution in [0.4, 0.5) is 5.00 Å². The summed E-state index contributed by atoms with van der Waals surface area (Å²) in [6.45, 7) is 9.61. The standard InChI is InChI=1S/C25H31N3O2S2/c1-4-19-17-21(25(32-19)26-24(29)22-7-6-16-30-22)23(18-8-10-20(31-3)11-9-18)28-14-12-27(5-2)13-15-28/h6-11,16-17,23H,4-5,12-15H2,1-3H3,(H,26,29)/t23-/m0/s1. The van der Waals surface area contributed by atoms with Crippen LogP contribution in [0.5, 0.6) is 0 Å². The van der Waals surface area contributed by atoms with Gasteiger partial charge in [-0.2, -0.15) is 0 Å². The predicted molar refractivity (Wildman–Crippen MR) is 134 cm³/mol. The fourth-order valence-corrected chi connectivity index (χ4v) is 5.65. The van der Waals surface area contributed by atoms with Gasteiger partial charge in [-0.25, -0.2) is 0 Å². The van der Waals surface area contributed by atoms with Gasteiger partial charge in [0.1, 0.15) is 5.00 Å². The van der Waals surface area contributed by atoms with E-state index in [9.17, 15) is 4.79 Å². The molecule has 1 aliphatic rings. The van der Waals surface area contributed by atoms with Crippen molar-refractivity contribution in [3.05, 3.63) is 70.5 Å². The number of hydrogen-bond donors (Lipinski definition) is 1. The van der Waals surface area contributed by atoms with Gasteiger partial charge in [0.15, 0.2) is 5.76 Å². The van der Waals surface area contributed by atoms with Crippen LogP contribution in [0.2, 0.25) is 0 Å². The quantitative estimate of drug-likeness (QED) is 0.435. The van der Waals surface area contributed by atoms with Gasteiger partial charge in [-0.15, -0.1) is 23.1 Å². The van der Waals surface area contributed by atoms with Crippen molar-refractivity contribution in [2.45, 2.75) is 31.2 Å². The number of amides is 1. The Bertz CT molecular complexity index is 1010. The van der Waals surface area contributed by atoms with Crippen LogP contribution in [-0.4, -0.2) is 54.7 Å². The minimum absolute atomic E-state index is 0.105. The van der Waals surface area contributed by atoms with E-state index in [4.69, 9.17) is 4.42 Å². The van der Waals surface area contributed by atoms with Gasteiger partial charge in [0.2, 0.25) is 0 Å². The van der Waals surface area contributed by atoms with Crippen LogP contribution in [0.25, 0.3) is 0 Å². The number of piperazine rings is 1. The molecule has 1 N–H and O–H groups in total. The third-order valence-electron chi connectivity index (χ3n) is 6.08. The predicted octanol–water partition coefficient (Wildman–Crippen LogP) is 5.60. The van der Waals surface area contributed by atoms with Crippen molar-refractivity contribution in [2.75, 3.05) is 44.3 Å². The van der Waals surface area contributed by atoms with Crippen LogP contribution in [0.1, 0.15) is 46.4 Å². The molecule has 1 amide bonds. The number of rotatable bonds is 8. The maximum atomic E-state index is 12.8. The number of benzene rings is 1. The van der Waals surface area contributed by atoms with Crippen LogP contribution < -0.4 is 5.32 Å². The molecular weight excluding hydrogens is 438 g/mol. The molecule has 7 heteroatoms. The Kier molecular flexibility index (Phi) is 7.73. The number of aryl methyl sites for hydroxylation is 1. The van der Waals surface area contributed by atoms with Crippen molar-refractivity contribution in [1.29, 1.82) is 0 Å². The van der Waals surface area contributed by atoms with Crippen LogP contribution >= 0.6 is 23.1 Å². The van der Waals surface area contributed by atoms with Gasteiger partial charge in [-0.05, 0) is 55.1 Å². The molecule has 3 heterocycles. The number of nitrogens with one attached hydrogen (secondary N) is 1. The summed E-state index contributed by atoms with van der Waals surface area (Å²) in [5, 5.41) is 4.06.